The van der Waals surface area contributed by atoms with Crippen molar-refractivity contribution in [3.8, 4) is 11.8 Å². The van der Waals surface area contributed by atoms with Gasteiger partial charge in [0.05, 0.1) is 37.3 Å². The SMILES string of the molecule is COc1ccnc2cc(Nc3cc(C)[nH]n3)nc(NC3C[C@H]4CC[C@@H](C3)N4C3(C#N)COC3)c12. The number of nitrogens with zero attached hydrogens (tertiary/aromatic N) is 5. The quantitative estimate of drug-likeness (QED) is 0.509. The third-order valence-corrected chi connectivity index (χ3v) is 7.32. The third-order valence-electron chi connectivity index (χ3n) is 7.32. The zero-order chi connectivity index (χ0) is 23.3. The number of ether oxygens (including phenoxy) is 2. The summed E-state index contributed by atoms with van der Waals surface area (Å²) in [6, 6.07) is 9.24. The van der Waals surface area contributed by atoms with E-state index in [1.165, 1.54) is 0 Å². The molecule has 0 spiro atoms. The number of aryl methyl sites for hydroxylation is 1. The van der Waals surface area contributed by atoms with E-state index in [1.807, 2.05) is 25.1 Å². The summed E-state index contributed by atoms with van der Waals surface area (Å²) in [5.41, 5.74) is 1.32. The average Bonchev–Trinajstić information content (AvgIpc) is 3.32. The van der Waals surface area contributed by atoms with Crippen LogP contribution in [0.2, 0.25) is 0 Å². The topological polar surface area (TPSA) is 124 Å². The van der Waals surface area contributed by atoms with E-state index in [4.69, 9.17) is 14.5 Å². The molecule has 1 unspecified atom stereocenters. The summed E-state index contributed by atoms with van der Waals surface area (Å²) in [5, 5.41) is 24.9. The van der Waals surface area contributed by atoms with E-state index >= 15 is 0 Å². The van der Waals surface area contributed by atoms with Crippen LogP contribution in [0.1, 0.15) is 31.4 Å². The van der Waals surface area contributed by atoms with Gasteiger partial charge in [0.1, 0.15) is 17.4 Å². The molecule has 0 aromatic carbocycles. The molecule has 3 fully saturated rings. The maximum absolute atomic E-state index is 9.85. The van der Waals surface area contributed by atoms with Crippen molar-refractivity contribution in [3.63, 3.8) is 0 Å². The molecule has 10 nitrogen and oxygen atoms in total. The van der Waals surface area contributed by atoms with Crippen LogP contribution in [-0.2, 0) is 4.74 Å². The molecule has 0 amide bonds. The first-order valence-corrected chi connectivity index (χ1v) is 11.8. The van der Waals surface area contributed by atoms with Gasteiger partial charge in [0.15, 0.2) is 11.4 Å². The Morgan fingerprint density at radius 2 is 2.03 bits per heavy atom. The van der Waals surface area contributed by atoms with Gasteiger partial charge in [-0.05, 0) is 38.7 Å². The van der Waals surface area contributed by atoms with Gasteiger partial charge in [-0.2, -0.15) is 10.4 Å². The molecule has 6 heterocycles. The number of hydrogen-bond donors (Lipinski definition) is 3. The van der Waals surface area contributed by atoms with E-state index in [9.17, 15) is 5.26 Å². The van der Waals surface area contributed by atoms with Gasteiger partial charge in [0, 0.05) is 42.1 Å². The van der Waals surface area contributed by atoms with Crippen LogP contribution in [0.3, 0.4) is 0 Å². The fourth-order valence-electron chi connectivity index (χ4n) is 5.85. The van der Waals surface area contributed by atoms with Crippen molar-refractivity contribution in [1.82, 2.24) is 25.1 Å². The second kappa shape index (κ2) is 8.11. The number of H-pyrrole nitrogens is 1. The van der Waals surface area contributed by atoms with Gasteiger partial charge < -0.3 is 20.1 Å². The van der Waals surface area contributed by atoms with E-state index in [1.54, 1.807) is 13.3 Å². The van der Waals surface area contributed by atoms with E-state index in [2.05, 4.69) is 36.8 Å². The number of nitrogens with one attached hydrogen (secondary N) is 3. The summed E-state index contributed by atoms with van der Waals surface area (Å²) in [6.07, 6.45) is 5.90. The first-order valence-electron chi connectivity index (χ1n) is 11.8. The largest absolute Gasteiger partial charge is 0.496 e. The lowest BCUT2D eigenvalue weighted by atomic mass is 9.88. The van der Waals surface area contributed by atoms with Gasteiger partial charge in [0.25, 0.3) is 0 Å². The molecule has 0 radical (unpaired) electrons. The average molecular weight is 461 g/mol. The summed E-state index contributed by atoms with van der Waals surface area (Å²) in [4.78, 5) is 11.9. The van der Waals surface area contributed by atoms with Crippen LogP contribution in [-0.4, -0.2) is 69.1 Å². The zero-order valence-corrected chi connectivity index (χ0v) is 19.3. The first kappa shape index (κ1) is 21.1. The van der Waals surface area contributed by atoms with Gasteiger partial charge in [-0.3, -0.25) is 15.0 Å². The summed E-state index contributed by atoms with van der Waals surface area (Å²) >= 11 is 0. The Kier molecular flexibility index (Phi) is 5.04. The number of hydrogen-bond acceptors (Lipinski definition) is 9. The van der Waals surface area contributed by atoms with E-state index in [0.29, 0.717) is 36.9 Å². The summed E-state index contributed by atoms with van der Waals surface area (Å²) in [7, 11) is 1.66. The van der Waals surface area contributed by atoms with Crippen molar-refractivity contribution in [2.45, 2.75) is 56.3 Å². The molecule has 2 bridgehead atoms. The highest BCUT2D eigenvalue weighted by Gasteiger charge is 2.55. The molecule has 3 aromatic heterocycles. The van der Waals surface area contributed by atoms with Crippen LogP contribution in [0.5, 0.6) is 5.75 Å². The lowest BCUT2D eigenvalue weighted by Crippen LogP contribution is -2.67. The van der Waals surface area contributed by atoms with Crippen molar-refractivity contribution >= 4 is 28.4 Å². The Balaban J connectivity index is 1.30. The van der Waals surface area contributed by atoms with Crippen molar-refractivity contribution in [1.29, 1.82) is 5.26 Å². The minimum atomic E-state index is -0.444. The molecule has 6 rings (SSSR count). The minimum absolute atomic E-state index is 0.244. The number of rotatable bonds is 6. The molecule has 176 valence electrons. The highest BCUT2D eigenvalue weighted by molar-refractivity contribution is 5.96. The fraction of sp³-hybridized carbons (Fsp3) is 0.500. The Bertz CT molecular complexity index is 1250. The van der Waals surface area contributed by atoms with E-state index in [0.717, 1.165) is 53.8 Å². The van der Waals surface area contributed by atoms with E-state index < -0.39 is 5.54 Å². The zero-order valence-electron chi connectivity index (χ0n) is 19.3. The molecule has 34 heavy (non-hydrogen) atoms. The van der Waals surface area contributed by atoms with Crippen LogP contribution < -0.4 is 15.4 Å². The number of pyridine rings is 2. The molecule has 0 saturated carbocycles. The monoisotopic (exact) mass is 460 g/mol. The summed E-state index contributed by atoms with van der Waals surface area (Å²) in [6.45, 7) is 2.99. The maximum Gasteiger partial charge on any atom is 0.156 e. The summed E-state index contributed by atoms with van der Waals surface area (Å²) < 4.78 is 11.1. The molecule has 3 atom stereocenters. The van der Waals surface area contributed by atoms with Crippen LogP contribution in [0.25, 0.3) is 10.9 Å². The number of methoxy groups -OCH3 is 1. The van der Waals surface area contributed by atoms with Crippen LogP contribution in [0.15, 0.2) is 24.4 Å². The lowest BCUT2D eigenvalue weighted by Gasteiger charge is -2.51. The highest BCUT2D eigenvalue weighted by Crippen LogP contribution is 2.44. The van der Waals surface area contributed by atoms with Gasteiger partial charge in [-0.15, -0.1) is 0 Å². The van der Waals surface area contributed by atoms with Crippen LogP contribution in [0, 0.1) is 18.3 Å². The minimum Gasteiger partial charge on any atom is -0.496 e. The Hall–Kier alpha value is -3.42. The Labute approximate surface area is 197 Å². The number of anilines is 3. The standard InChI is InChI=1S/C24H28N8O2/c1-14-7-21(31-30-14)28-20-10-18-22(19(33-2)5-6-26-18)23(29-20)27-15-8-16-3-4-17(9-15)32(16)24(11-25)12-34-13-24/h5-7,10,15-17H,3-4,8-9,12-13H2,1-2H3,(H3,27,28,29,30,31)/t15?,16-,17+. The maximum atomic E-state index is 9.85. The number of aromatic amines is 1. The van der Waals surface area contributed by atoms with Crippen molar-refractivity contribution < 1.29 is 9.47 Å². The van der Waals surface area contributed by atoms with E-state index in [-0.39, 0.29) is 6.04 Å². The Morgan fingerprint density at radius 3 is 2.65 bits per heavy atom. The predicted molar refractivity (Wildman–Crippen MR) is 127 cm³/mol. The molecular weight excluding hydrogens is 432 g/mol. The second-order valence-corrected chi connectivity index (χ2v) is 9.57. The number of nitriles is 1. The van der Waals surface area contributed by atoms with Crippen molar-refractivity contribution in [2.75, 3.05) is 31.0 Å². The molecule has 3 aromatic rings. The second-order valence-electron chi connectivity index (χ2n) is 9.57. The number of fused-ring (bicyclic) bond motifs is 3. The molecule has 0 aliphatic carbocycles. The van der Waals surface area contributed by atoms with Gasteiger partial charge in [0.2, 0.25) is 0 Å². The fourth-order valence-corrected chi connectivity index (χ4v) is 5.85. The van der Waals surface area contributed by atoms with Crippen LogP contribution in [0.4, 0.5) is 17.5 Å². The van der Waals surface area contributed by atoms with Crippen molar-refractivity contribution in [3.05, 3.63) is 30.1 Å². The molecule has 3 N–H and O–H groups in total. The Morgan fingerprint density at radius 1 is 1.24 bits per heavy atom. The molecule has 3 aliphatic rings. The molecular formula is C24H28N8O2. The predicted octanol–water partition coefficient (Wildman–Crippen LogP) is 3.11. The van der Waals surface area contributed by atoms with Gasteiger partial charge >= 0.3 is 0 Å². The van der Waals surface area contributed by atoms with Gasteiger partial charge in [-0.1, -0.05) is 0 Å². The normalized spacial score (nSPS) is 25.5. The molecule has 10 heteroatoms. The third kappa shape index (κ3) is 3.43. The smallest absolute Gasteiger partial charge is 0.156 e. The van der Waals surface area contributed by atoms with Crippen LogP contribution >= 0.6 is 0 Å². The van der Waals surface area contributed by atoms with Crippen molar-refractivity contribution in [2.24, 2.45) is 0 Å². The molecule has 3 saturated heterocycles. The summed E-state index contributed by atoms with van der Waals surface area (Å²) in [5.74, 6) is 2.85. The lowest BCUT2D eigenvalue weighted by molar-refractivity contribution is -0.133. The highest BCUT2D eigenvalue weighted by atomic mass is 16.5. The number of aromatic nitrogens is 4. The number of piperidine rings is 1. The molecule has 3 aliphatic heterocycles. The van der Waals surface area contributed by atoms with Gasteiger partial charge in [-0.25, -0.2) is 4.98 Å². The first-order chi connectivity index (χ1) is 16.6.